The van der Waals surface area contributed by atoms with Crippen molar-refractivity contribution in [2.24, 2.45) is 40.4 Å². The first kappa shape index (κ1) is 21.8. The molecule has 2 unspecified atom stereocenters. The van der Waals surface area contributed by atoms with Gasteiger partial charge in [-0.3, -0.25) is 9.69 Å². The summed E-state index contributed by atoms with van der Waals surface area (Å²) in [5.41, 5.74) is -1.20. The Morgan fingerprint density at radius 2 is 2.00 bits per heavy atom. The molecule has 7 bridgehead atoms. The van der Waals surface area contributed by atoms with Gasteiger partial charge in [-0.15, -0.1) is 0 Å². The molecule has 180 valence electrons. The number of likely N-dealkylation sites (tertiary alicyclic amines) is 1. The molecule has 0 aromatic carbocycles. The molecule has 1 saturated heterocycles. The van der Waals surface area contributed by atoms with Crippen LogP contribution in [0.3, 0.4) is 0 Å². The van der Waals surface area contributed by atoms with Gasteiger partial charge in [0, 0.05) is 68.7 Å². The third-order valence-corrected chi connectivity index (χ3v) is 11.2. The Morgan fingerprint density at radius 3 is 2.66 bits per heavy atom. The molecular formula is C25H39NO6. The van der Waals surface area contributed by atoms with Crippen molar-refractivity contribution in [1.82, 2.24) is 4.90 Å². The van der Waals surface area contributed by atoms with Gasteiger partial charge < -0.3 is 24.4 Å². The maximum atomic E-state index is 12.5. The maximum absolute atomic E-state index is 12.5. The molecule has 0 amide bonds. The maximum Gasteiger partial charge on any atom is 0.302 e. The van der Waals surface area contributed by atoms with Gasteiger partial charge in [0.1, 0.15) is 6.10 Å². The lowest BCUT2D eigenvalue weighted by atomic mass is 9.43. The number of hydrogen-bond donors (Lipinski definition) is 2. The average Bonchev–Trinajstić information content (AvgIpc) is 3.20. The predicted molar refractivity (Wildman–Crippen MR) is 116 cm³/mol. The van der Waals surface area contributed by atoms with Gasteiger partial charge in [0.2, 0.25) is 0 Å². The van der Waals surface area contributed by atoms with E-state index < -0.39 is 11.7 Å². The average molecular weight is 450 g/mol. The second-order valence-electron chi connectivity index (χ2n) is 11.8. The van der Waals surface area contributed by atoms with Crippen molar-refractivity contribution in [2.75, 3.05) is 33.9 Å². The van der Waals surface area contributed by atoms with Crippen LogP contribution in [-0.2, 0) is 19.0 Å². The Bertz CT molecular complexity index is 807. The van der Waals surface area contributed by atoms with Gasteiger partial charge >= 0.3 is 5.97 Å². The van der Waals surface area contributed by atoms with Gasteiger partial charge in [-0.1, -0.05) is 6.92 Å². The highest BCUT2D eigenvalue weighted by Crippen LogP contribution is 2.79. The number of nitrogens with zero attached hydrogens (tertiary/aromatic N) is 1. The van der Waals surface area contributed by atoms with Crippen LogP contribution in [0.5, 0.6) is 0 Å². The summed E-state index contributed by atoms with van der Waals surface area (Å²) in [5, 5.41) is 24.4. The Hall–Kier alpha value is -0.730. The van der Waals surface area contributed by atoms with E-state index in [-0.39, 0.29) is 58.7 Å². The molecule has 0 aromatic rings. The highest BCUT2D eigenvalue weighted by atomic mass is 16.5. The van der Waals surface area contributed by atoms with Crippen LogP contribution >= 0.6 is 0 Å². The van der Waals surface area contributed by atoms with Crippen LogP contribution in [0.2, 0.25) is 0 Å². The second kappa shape index (κ2) is 6.91. The minimum absolute atomic E-state index is 0.0138. The van der Waals surface area contributed by atoms with Gasteiger partial charge in [0.05, 0.1) is 24.4 Å². The zero-order chi connectivity index (χ0) is 22.6. The van der Waals surface area contributed by atoms with E-state index >= 15 is 0 Å². The number of aliphatic hydroxyl groups excluding tert-OH is 1. The summed E-state index contributed by atoms with van der Waals surface area (Å²) in [5.74, 6) is 0.164. The van der Waals surface area contributed by atoms with Crippen molar-refractivity contribution in [3.8, 4) is 0 Å². The number of aliphatic hydroxyl groups is 2. The SMILES string of the molecule is CCN1CC2(COC)CC[C@H](O)[C@]34C1[C@@H](C[C@H]23)[C@@]1(O)C[C@H](OC)[C@H]2C[C@@H]4[C@@H]1[C@H]2OC(C)=O. The largest absolute Gasteiger partial charge is 0.462 e. The molecule has 0 aromatic heterocycles. The van der Waals surface area contributed by atoms with Crippen LogP contribution < -0.4 is 0 Å². The van der Waals surface area contributed by atoms with E-state index in [1.165, 1.54) is 6.92 Å². The van der Waals surface area contributed by atoms with Gasteiger partial charge in [-0.05, 0) is 44.1 Å². The van der Waals surface area contributed by atoms with E-state index in [0.717, 1.165) is 38.8 Å². The predicted octanol–water partition coefficient (Wildman–Crippen LogP) is 1.45. The van der Waals surface area contributed by atoms with E-state index in [9.17, 15) is 15.0 Å². The Kier molecular flexibility index (Phi) is 4.70. The number of esters is 1. The van der Waals surface area contributed by atoms with E-state index in [1.54, 1.807) is 14.2 Å². The van der Waals surface area contributed by atoms with Gasteiger partial charge in [-0.2, -0.15) is 0 Å². The van der Waals surface area contributed by atoms with Crippen molar-refractivity contribution < 1.29 is 29.2 Å². The third kappa shape index (κ3) is 2.28. The van der Waals surface area contributed by atoms with Crippen molar-refractivity contribution in [3.63, 3.8) is 0 Å². The Balaban J connectivity index is 1.56. The molecule has 7 nitrogen and oxygen atoms in total. The molecule has 6 fully saturated rings. The molecule has 1 aliphatic heterocycles. The number of carbonyl (C=O) groups excluding carboxylic acids is 1. The zero-order valence-corrected chi connectivity index (χ0v) is 19.8. The van der Waals surface area contributed by atoms with E-state index in [4.69, 9.17) is 14.2 Å². The van der Waals surface area contributed by atoms with Crippen LogP contribution in [0.1, 0.15) is 46.0 Å². The van der Waals surface area contributed by atoms with Crippen molar-refractivity contribution >= 4 is 5.97 Å². The minimum Gasteiger partial charge on any atom is -0.462 e. The second-order valence-corrected chi connectivity index (χ2v) is 11.8. The molecule has 0 radical (unpaired) electrons. The number of fused-ring (bicyclic) bond motifs is 2. The molecule has 6 rings (SSSR count). The third-order valence-electron chi connectivity index (χ3n) is 11.2. The normalized spacial score (nSPS) is 57.5. The van der Waals surface area contributed by atoms with Gasteiger partial charge in [0.15, 0.2) is 0 Å². The number of hydrogen-bond acceptors (Lipinski definition) is 7. The standard InChI is InChI=1S/C25H39NO6/c1-5-26-11-23(12-30-3)7-6-19(28)25-15-8-14-17(31-4)10-24(29,16(22(25)26)9-18(23)25)20(15)21(14)32-13(2)27/h14-22,28-29H,5-12H2,1-4H3/t14-,15-,16-,17+,18-,19+,20-,21+,22?,23?,24+,25-/m1/s1. The monoisotopic (exact) mass is 449 g/mol. The van der Waals surface area contributed by atoms with Crippen LogP contribution in [0.25, 0.3) is 0 Å². The molecule has 12 atom stereocenters. The Labute approximate surface area is 190 Å². The molecular weight excluding hydrogens is 410 g/mol. The Morgan fingerprint density at radius 1 is 1.22 bits per heavy atom. The van der Waals surface area contributed by atoms with Crippen molar-refractivity contribution in [2.45, 2.75) is 75.9 Å². The molecule has 7 heteroatoms. The number of piperidine rings is 1. The van der Waals surface area contributed by atoms with E-state index in [0.29, 0.717) is 18.9 Å². The molecule has 32 heavy (non-hydrogen) atoms. The molecule has 1 spiro atoms. The molecule has 1 heterocycles. The van der Waals surface area contributed by atoms with Crippen LogP contribution in [-0.4, -0.2) is 85.0 Å². The minimum atomic E-state index is -0.942. The summed E-state index contributed by atoms with van der Waals surface area (Å²) in [6, 6.07) is 0.163. The lowest BCUT2D eigenvalue weighted by Gasteiger charge is -2.69. The van der Waals surface area contributed by atoms with E-state index in [1.807, 2.05) is 0 Å². The first-order chi connectivity index (χ1) is 15.3. The summed E-state index contributed by atoms with van der Waals surface area (Å²) in [7, 11) is 3.51. The van der Waals surface area contributed by atoms with Crippen LogP contribution in [0.4, 0.5) is 0 Å². The summed E-state index contributed by atoms with van der Waals surface area (Å²) in [6.45, 7) is 6.27. The summed E-state index contributed by atoms with van der Waals surface area (Å²) >= 11 is 0. The smallest absolute Gasteiger partial charge is 0.302 e. The van der Waals surface area contributed by atoms with Crippen molar-refractivity contribution in [1.29, 1.82) is 0 Å². The number of methoxy groups -OCH3 is 2. The number of carbonyl (C=O) groups is 1. The first-order valence-electron chi connectivity index (χ1n) is 12.6. The highest BCUT2D eigenvalue weighted by Gasteiger charge is 2.83. The van der Waals surface area contributed by atoms with E-state index in [2.05, 4.69) is 11.8 Å². The highest BCUT2D eigenvalue weighted by molar-refractivity contribution is 5.66. The lowest BCUT2D eigenvalue weighted by molar-refractivity contribution is -0.274. The molecule has 5 saturated carbocycles. The first-order valence-corrected chi connectivity index (χ1v) is 12.6. The zero-order valence-electron chi connectivity index (χ0n) is 19.8. The van der Waals surface area contributed by atoms with Gasteiger partial charge in [0.25, 0.3) is 0 Å². The summed E-state index contributed by atoms with van der Waals surface area (Å²) in [4.78, 5) is 14.7. The molecule has 5 aliphatic carbocycles. The van der Waals surface area contributed by atoms with Gasteiger partial charge in [-0.25, -0.2) is 0 Å². The van der Waals surface area contributed by atoms with Crippen molar-refractivity contribution in [3.05, 3.63) is 0 Å². The molecule has 6 aliphatic rings. The number of ether oxygens (including phenoxy) is 3. The molecule has 2 N–H and O–H groups in total. The fraction of sp³-hybridized carbons (Fsp3) is 0.960. The summed E-state index contributed by atoms with van der Waals surface area (Å²) < 4.78 is 17.7. The quantitative estimate of drug-likeness (QED) is 0.614. The lowest BCUT2D eigenvalue weighted by Crippen LogP contribution is -2.76. The van der Waals surface area contributed by atoms with Crippen LogP contribution in [0.15, 0.2) is 0 Å². The number of rotatable bonds is 5. The van der Waals surface area contributed by atoms with Crippen LogP contribution in [0, 0.1) is 40.4 Å². The fourth-order valence-electron chi connectivity index (χ4n) is 10.7. The topological polar surface area (TPSA) is 88.5 Å². The fourth-order valence-corrected chi connectivity index (χ4v) is 10.7. The summed E-state index contributed by atoms with van der Waals surface area (Å²) in [6.07, 6.45) is 3.27.